The third-order valence-corrected chi connectivity index (χ3v) is 1.45. The first-order valence-corrected chi connectivity index (χ1v) is 3.47. The lowest BCUT2D eigenvalue weighted by Gasteiger charge is -1.89. The van der Waals surface area contributed by atoms with E-state index in [9.17, 15) is 4.79 Å². The minimum atomic E-state index is -0.222. The lowest BCUT2D eigenvalue weighted by Crippen LogP contribution is -1.92. The highest BCUT2D eigenvalue weighted by atomic mass is 32.2. The van der Waals surface area contributed by atoms with E-state index in [0.29, 0.717) is 5.75 Å². The molecule has 0 spiro atoms. The summed E-state index contributed by atoms with van der Waals surface area (Å²) >= 11 is 1.10. The topological polar surface area (TPSA) is 40.9 Å². The van der Waals surface area contributed by atoms with Crippen molar-refractivity contribution in [2.45, 2.75) is 6.92 Å². The summed E-state index contributed by atoms with van der Waals surface area (Å²) in [7, 11) is 0. The van der Waals surface area contributed by atoms with Crippen molar-refractivity contribution in [2.24, 2.45) is 0 Å². The fourth-order valence-corrected chi connectivity index (χ4v) is 0.746. The van der Waals surface area contributed by atoms with E-state index < -0.39 is 0 Å². The molecule has 0 aromatic heterocycles. The number of carbonyl (C=O) groups is 1. The lowest BCUT2D eigenvalue weighted by molar-refractivity contribution is -0.107. The molecular formula is C6H7NOS. The average molecular weight is 141 g/mol. The fraction of sp³-hybridized carbons (Fsp3) is 0.333. The molecule has 0 aliphatic rings. The number of thioether (sulfide) groups is 1. The number of hydrogen-bond donors (Lipinski definition) is 0. The third kappa shape index (κ3) is 2.94. The van der Waals surface area contributed by atoms with Gasteiger partial charge in [-0.1, -0.05) is 25.3 Å². The minimum absolute atomic E-state index is 0.0295. The molecule has 0 atom stereocenters. The van der Waals surface area contributed by atoms with E-state index in [1.54, 1.807) is 6.07 Å². The summed E-state index contributed by atoms with van der Waals surface area (Å²) in [4.78, 5) is 10.6. The van der Waals surface area contributed by atoms with Crippen LogP contribution in [0.3, 0.4) is 0 Å². The van der Waals surface area contributed by atoms with Crippen molar-refractivity contribution in [3.63, 3.8) is 0 Å². The Balaban J connectivity index is 3.78. The summed E-state index contributed by atoms with van der Waals surface area (Å²) in [5.41, 5.74) is 0.0295. The van der Waals surface area contributed by atoms with Gasteiger partial charge in [0.1, 0.15) is 6.07 Å². The zero-order valence-electron chi connectivity index (χ0n) is 5.18. The van der Waals surface area contributed by atoms with Crippen LogP contribution in [-0.4, -0.2) is 10.9 Å². The van der Waals surface area contributed by atoms with Crippen LogP contribution in [0.5, 0.6) is 0 Å². The van der Waals surface area contributed by atoms with Gasteiger partial charge in [0.05, 0.1) is 5.57 Å². The second-order valence-electron chi connectivity index (χ2n) is 1.31. The molecule has 0 aromatic carbocycles. The first-order valence-electron chi connectivity index (χ1n) is 2.48. The number of nitriles is 1. The van der Waals surface area contributed by atoms with Gasteiger partial charge in [0, 0.05) is 0 Å². The van der Waals surface area contributed by atoms with Crippen molar-refractivity contribution in [1.29, 1.82) is 5.26 Å². The van der Waals surface area contributed by atoms with Crippen molar-refractivity contribution in [3.05, 3.63) is 12.2 Å². The Labute approximate surface area is 58.6 Å². The second kappa shape index (κ2) is 4.16. The Morgan fingerprint density at radius 2 is 2.44 bits per heavy atom. The van der Waals surface area contributed by atoms with Crippen LogP contribution in [0.2, 0.25) is 0 Å². The van der Waals surface area contributed by atoms with Crippen LogP contribution >= 0.6 is 11.8 Å². The van der Waals surface area contributed by atoms with Crippen molar-refractivity contribution in [1.82, 2.24) is 0 Å². The summed E-state index contributed by atoms with van der Waals surface area (Å²) < 4.78 is 0. The van der Waals surface area contributed by atoms with Gasteiger partial charge >= 0.3 is 0 Å². The van der Waals surface area contributed by atoms with Gasteiger partial charge in [0.2, 0.25) is 5.12 Å². The van der Waals surface area contributed by atoms with Gasteiger partial charge in [-0.05, 0) is 5.75 Å². The Bertz CT molecular complexity index is 168. The summed E-state index contributed by atoms with van der Waals surface area (Å²) in [6, 6.07) is 1.68. The average Bonchev–Trinajstić information content (AvgIpc) is 1.87. The van der Waals surface area contributed by atoms with Crippen LogP contribution in [0.1, 0.15) is 6.92 Å². The molecule has 48 valence electrons. The zero-order chi connectivity index (χ0) is 7.28. The molecule has 0 heterocycles. The molecule has 3 heteroatoms. The third-order valence-electron chi connectivity index (χ3n) is 0.657. The summed E-state index contributed by atoms with van der Waals surface area (Å²) in [6.45, 7) is 5.11. The van der Waals surface area contributed by atoms with Crippen LogP contribution in [0.4, 0.5) is 0 Å². The van der Waals surface area contributed by atoms with Gasteiger partial charge in [0.25, 0.3) is 0 Å². The Morgan fingerprint density at radius 3 is 2.78 bits per heavy atom. The quantitative estimate of drug-likeness (QED) is 0.430. The molecule has 0 amide bonds. The molecule has 2 nitrogen and oxygen atoms in total. The van der Waals surface area contributed by atoms with E-state index in [0.717, 1.165) is 11.8 Å². The molecule has 0 aliphatic carbocycles. The summed E-state index contributed by atoms with van der Waals surface area (Å²) in [5, 5.41) is 7.93. The van der Waals surface area contributed by atoms with Crippen molar-refractivity contribution in [3.8, 4) is 6.07 Å². The van der Waals surface area contributed by atoms with E-state index in [-0.39, 0.29) is 10.7 Å². The summed E-state index contributed by atoms with van der Waals surface area (Å²) in [5.74, 6) is 0.694. The molecule has 9 heavy (non-hydrogen) atoms. The first kappa shape index (κ1) is 8.25. The highest BCUT2D eigenvalue weighted by molar-refractivity contribution is 8.14. The highest BCUT2D eigenvalue weighted by Gasteiger charge is 2.03. The SMILES string of the molecule is C=C(C#N)C(=O)SCC. The first-order chi connectivity index (χ1) is 4.22. The van der Waals surface area contributed by atoms with Gasteiger partial charge in [-0.25, -0.2) is 0 Å². The molecule has 0 bridgehead atoms. The lowest BCUT2D eigenvalue weighted by atomic mass is 10.4. The van der Waals surface area contributed by atoms with Crippen LogP contribution < -0.4 is 0 Å². The summed E-state index contributed by atoms with van der Waals surface area (Å²) in [6.07, 6.45) is 0. The maximum Gasteiger partial charge on any atom is 0.229 e. The van der Waals surface area contributed by atoms with E-state index in [1.807, 2.05) is 6.92 Å². The number of hydrogen-bond acceptors (Lipinski definition) is 3. The number of nitrogens with zero attached hydrogens (tertiary/aromatic N) is 1. The molecule has 0 saturated carbocycles. The predicted molar refractivity (Wildman–Crippen MR) is 37.9 cm³/mol. The molecule has 0 unspecified atom stereocenters. The van der Waals surface area contributed by atoms with Crippen LogP contribution in [0, 0.1) is 11.3 Å². The van der Waals surface area contributed by atoms with Crippen LogP contribution in [0.25, 0.3) is 0 Å². The fourth-order valence-electron chi connectivity index (χ4n) is 0.264. The molecule has 0 fully saturated rings. The van der Waals surface area contributed by atoms with Crippen molar-refractivity contribution >= 4 is 16.9 Å². The predicted octanol–water partition coefficient (Wildman–Crippen LogP) is 1.35. The number of carbonyl (C=O) groups excluding carboxylic acids is 1. The van der Waals surface area contributed by atoms with E-state index in [4.69, 9.17) is 5.26 Å². The van der Waals surface area contributed by atoms with E-state index >= 15 is 0 Å². The highest BCUT2D eigenvalue weighted by Crippen LogP contribution is 2.06. The van der Waals surface area contributed by atoms with Gasteiger partial charge in [-0.2, -0.15) is 5.26 Å². The monoisotopic (exact) mass is 141 g/mol. The standard InChI is InChI=1S/C6H7NOS/c1-3-9-6(8)5(2)4-7/h2-3H2,1H3. The molecule has 0 rings (SSSR count). The minimum Gasteiger partial charge on any atom is -0.281 e. The Morgan fingerprint density at radius 1 is 1.89 bits per heavy atom. The second-order valence-corrected chi connectivity index (χ2v) is 2.55. The van der Waals surface area contributed by atoms with Crippen LogP contribution in [-0.2, 0) is 4.79 Å². The van der Waals surface area contributed by atoms with Crippen molar-refractivity contribution < 1.29 is 4.79 Å². The van der Waals surface area contributed by atoms with Gasteiger partial charge < -0.3 is 0 Å². The molecule has 0 saturated heterocycles. The number of rotatable bonds is 2. The van der Waals surface area contributed by atoms with E-state index in [2.05, 4.69) is 6.58 Å². The van der Waals surface area contributed by atoms with Gasteiger partial charge in [-0.3, -0.25) is 4.79 Å². The van der Waals surface area contributed by atoms with Gasteiger partial charge in [0.15, 0.2) is 0 Å². The maximum absolute atomic E-state index is 10.6. The molecule has 0 radical (unpaired) electrons. The molecule has 0 aliphatic heterocycles. The molecule has 0 aromatic rings. The normalized spacial score (nSPS) is 8.00. The largest absolute Gasteiger partial charge is 0.281 e. The molecule has 0 N–H and O–H groups in total. The zero-order valence-corrected chi connectivity index (χ0v) is 5.99. The Hall–Kier alpha value is -0.750. The van der Waals surface area contributed by atoms with E-state index in [1.165, 1.54) is 0 Å². The Kier molecular flexibility index (Phi) is 3.81. The maximum atomic E-state index is 10.6. The van der Waals surface area contributed by atoms with Crippen LogP contribution in [0.15, 0.2) is 12.2 Å². The molecular weight excluding hydrogens is 134 g/mol. The van der Waals surface area contributed by atoms with Gasteiger partial charge in [-0.15, -0.1) is 0 Å². The van der Waals surface area contributed by atoms with Crippen molar-refractivity contribution in [2.75, 3.05) is 5.75 Å². The smallest absolute Gasteiger partial charge is 0.229 e.